The summed E-state index contributed by atoms with van der Waals surface area (Å²) in [5.41, 5.74) is 7.42. The third-order valence-corrected chi connectivity index (χ3v) is 4.86. The van der Waals surface area contributed by atoms with Gasteiger partial charge in [-0.15, -0.1) is 0 Å². The number of piperidine rings is 1. The first-order valence-corrected chi connectivity index (χ1v) is 8.55. The van der Waals surface area contributed by atoms with Gasteiger partial charge in [0.05, 0.1) is 12.7 Å². The quantitative estimate of drug-likeness (QED) is 0.927. The number of likely N-dealkylation sites (tertiary alicyclic amines) is 1. The molecule has 132 valence electrons. The Balaban J connectivity index is 1.76. The molecule has 0 aliphatic carbocycles. The van der Waals surface area contributed by atoms with Crippen LogP contribution >= 0.6 is 0 Å². The molecule has 0 saturated carbocycles. The van der Waals surface area contributed by atoms with Crippen molar-refractivity contribution in [1.82, 2.24) is 4.90 Å². The van der Waals surface area contributed by atoms with E-state index in [1.165, 1.54) is 6.07 Å². The second-order valence-corrected chi connectivity index (χ2v) is 6.39. The molecular formula is C20H23FN2O2. The van der Waals surface area contributed by atoms with Crippen LogP contribution in [0.1, 0.15) is 23.2 Å². The first kappa shape index (κ1) is 17.4. The summed E-state index contributed by atoms with van der Waals surface area (Å²) in [6.07, 6.45) is 1.77. The zero-order valence-electron chi connectivity index (χ0n) is 14.4. The normalized spacial score (nSPS) is 15.2. The van der Waals surface area contributed by atoms with E-state index in [0.29, 0.717) is 25.6 Å². The number of benzene rings is 2. The third-order valence-electron chi connectivity index (χ3n) is 4.86. The Hall–Kier alpha value is -2.40. The fraction of sp³-hybridized carbons (Fsp3) is 0.350. The van der Waals surface area contributed by atoms with Crippen LogP contribution in [0.5, 0.6) is 5.75 Å². The van der Waals surface area contributed by atoms with Gasteiger partial charge in [-0.25, -0.2) is 4.39 Å². The maximum absolute atomic E-state index is 14.5. The lowest BCUT2D eigenvalue weighted by atomic mass is 9.96. The fourth-order valence-electron chi connectivity index (χ4n) is 3.19. The highest BCUT2D eigenvalue weighted by Crippen LogP contribution is 2.26. The van der Waals surface area contributed by atoms with Crippen molar-refractivity contribution in [2.45, 2.75) is 12.8 Å². The van der Waals surface area contributed by atoms with Gasteiger partial charge in [0, 0.05) is 13.1 Å². The average Bonchev–Trinajstić information content (AvgIpc) is 2.67. The van der Waals surface area contributed by atoms with Crippen molar-refractivity contribution in [3.05, 3.63) is 53.8 Å². The van der Waals surface area contributed by atoms with Crippen LogP contribution < -0.4 is 10.5 Å². The molecule has 0 unspecified atom stereocenters. The van der Waals surface area contributed by atoms with E-state index in [1.54, 1.807) is 24.1 Å². The highest BCUT2D eigenvalue weighted by molar-refractivity contribution is 5.95. The molecule has 2 aromatic rings. The standard InChI is InChI=1S/C20H23FN2O2/c1-25-17-5-2-15(3-6-17)16-4-7-18(19(21)12-16)20(24)23-10-8-14(13-22)9-11-23/h2-7,12,14H,8-11,13,22H2,1H3. The molecule has 1 amide bonds. The monoisotopic (exact) mass is 342 g/mol. The van der Waals surface area contributed by atoms with Crippen molar-refractivity contribution in [1.29, 1.82) is 0 Å². The summed E-state index contributed by atoms with van der Waals surface area (Å²) >= 11 is 0. The average molecular weight is 342 g/mol. The predicted molar refractivity (Wildman–Crippen MR) is 96.1 cm³/mol. The molecule has 0 bridgehead atoms. The Morgan fingerprint density at radius 3 is 2.36 bits per heavy atom. The number of hydrogen-bond acceptors (Lipinski definition) is 3. The summed E-state index contributed by atoms with van der Waals surface area (Å²) in [5, 5.41) is 0. The van der Waals surface area contributed by atoms with Crippen molar-refractivity contribution >= 4 is 5.91 Å². The highest BCUT2D eigenvalue weighted by atomic mass is 19.1. The van der Waals surface area contributed by atoms with Crippen molar-refractivity contribution in [2.24, 2.45) is 11.7 Å². The number of nitrogens with zero attached hydrogens (tertiary/aromatic N) is 1. The second kappa shape index (κ2) is 7.66. The van der Waals surface area contributed by atoms with E-state index in [0.717, 1.165) is 29.7 Å². The van der Waals surface area contributed by atoms with E-state index in [1.807, 2.05) is 24.3 Å². The zero-order chi connectivity index (χ0) is 17.8. The molecule has 1 heterocycles. The van der Waals surface area contributed by atoms with E-state index in [-0.39, 0.29) is 11.5 Å². The second-order valence-electron chi connectivity index (χ2n) is 6.39. The number of carbonyl (C=O) groups excluding carboxylic acids is 1. The van der Waals surface area contributed by atoms with Crippen molar-refractivity contribution in [3.8, 4) is 16.9 Å². The van der Waals surface area contributed by atoms with Crippen molar-refractivity contribution in [3.63, 3.8) is 0 Å². The molecule has 2 N–H and O–H groups in total. The van der Waals surface area contributed by atoms with Gasteiger partial charge in [0.25, 0.3) is 5.91 Å². The fourth-order valence-corrected chi connectivity index (χ4v) is 3.19. The van der Waals surface area contributed by atoms with E-state index >= 15 is 0 Å². The maximum Gasteiger partial charge on any atom is 0.256 e. The highest BCUT2D eigenvalue weighted by Gasteiger charge is 2.24. The minimum atomic E-state index is -0.487. The van der Waals surface area contributed by atoms with Gasteiger partial charge in [-0.1, -0.05) is 18.2 Å². The number of carbonyl (C=O) groups is 1. The lowest BCUT2D eigenvalue weighted by molar-refractivity contribution is 0.0688. The lowest BCUT2D eigenvalue weighted by Gasteiger charge is -2.31. The zero-order valence-corrected chi connectivity index (χ0v) is 14.4. The largest absolute Gasteiger partial charge is 0.497 e. The van der Waals surface area contributed by atoms with Gasteiger partial charge >= 0.3 is 0 Å². The Morgan fingerprint density at radius 2 is 1.80 bits per heavy atom. The van der Waals surface area contributed by atoms with Gasteiger partial charge in [-0.3, -0.25) is 4.79 Å². The van der Waals surface area contributed by atoms with Gasteiger partial charge in [0.2, 0.25) is 0 Å². The first-order valence-electron chi connectivity index (χ1n) is 8.55. The molecule has 1 fully saturated rings. The summed E-state index contributed by atoms with van der Waals surface area (Å²) in [6.45, 7) is 1.92. The molecule has 0 atom stereocenters. The van der Waals surface area contributed by atoms with Gasteiger partial charge in [-0.05, 0) is 60.7 Å². The van der Waals surface area contributed by atoms with Gasteiger partial charge < -0.3 is 15.4 Å². The molecule has 1 saturated heterocycles. The van der Waals surface area contributed by atoms with Crippen LogP contribution in [0.4, 0.5) is 4.39 Å². The molecule has 1 aliphatic heterocycles. The van der Waals surface area contributed by atoms with E-state index in [9.17, 15) is 9.18 Å². The number of amides is 1. The molecule has 0 radical (unpaired) electrons. The molecule has 0 aromatic heterocycles. The van der Waals surface area contributed by atoms with E-state index in [4.69, 9.17) is 10.5 Å². The number of methoxy groups -OCH3 is 1. The number of rotatable bonds is 4. The van der Waals surface area contributed by atoms with Gasteiger partial charge in [-0.2, -0.15) is 0 Å². The minimum Gasteiger partial charge on any atom is -0.497 e. The van der Waals surface area contributed by atoms with Crippen LogP contribution in [0.3, 0.4) is 0 Å². The van der Waals surface area contributed by atoms with Crippen LogP contribution in [0, 0.1) is 11.7 Å². The summed E-state index contributed by atoms with van der Waals surface area (Å²) in [6, 6.07) is 12.2. The van der Waals surface area contributed by atoms with Crippen LogP contribution in [0.15, 0.2) is 42.5 Å². The SMILES string of the molecule is COc1ccc(-c2ccc(C(=O)N3CCC(CN)CC3)c(F)c2)cc1. The maximum atomic E-state index is 14.5. The van der Waals surface area contributed by atoms with E-state index in [2.05, 4.69) is 0 Å². The Morgan fingerprint density at radius 1 is 1.16 bits per heavy atom. The first-order chi connectivity index (χ1) is 12.1. The molecule has 25 heavy (non-hydrogen) atoms. The smallest absolute Gasteiger partial charge is 0.256 e. The van der Waals surface area contributed by atoms with Crippen LogP contribution in [-0.4, -0.2) is 37.6 Å². The Labute approximate surface area is 147 Å². The number of nitrogens with two attached hydrogens (primary N) is 1. The van der Waals surface area contributed by atoms with Gasteiger partial charge in [0.1, 0.15) is 11.6 Å². The molecule has 0 spiro atoms. The van der Waals surface area contributed by atoms with Crippen LogP contribution in [0.2, 0.25) is 0 Å². The predicted octanol–water partition coefficient (Wildman–Crippen LogP) is 3.31. The number of hydrogen-bond donors (Lipinski definition) is 1. The van der Waals surface area contributed by atoms with Crippen LogP contribution in [0.25, 0.3) is 11.1 Å². The molecule has 2 aromatic carbocycles. The number of ether oxygens (including phenoxy) is 1. The summed E-state index contributed by atoms with van der Waals surface area (Å²) in [5.74, 6) is 0.483. The summed E-state index contributed by atoms with van der Waals surface area (Å²) in [7, 11) is 1.60. The third kappa shape index (κ3) is 3.82. The van der Waals surface area contributed by atoms with Gasteiger partial charge in [0.15, 0.2) is 0 Å². The summed E-state index contributed by atoms with van der Waals surface area (Å²) in [4.78, 5) is 14.3. The minimum absolute atomic E-state index is 0.128. The topological polar surface area (TPSA) is 55.6 Å². The molecule has 4 nitrogen and oxygen atoms in total. The Kier molecular flexibility index (Phi) is 5.34. The molecular weight excluding hydrogens is 319 g/mol. The number of halogens is 1. The van der Waals surface area contributed by atoms with Crippen molar-refractivity contribution < 1.29 is 13.9 Å². The van der Waals surface area contributed by atoms with Crippen LogP contribution in [-0.2, 0) is 0 Å². The summed E-state index contributed by atoms with van der Waals surface area (Å²) < 4.78 is 19.7. The molecule has 1 aliphatic rings. The van der Waals surface area contributed by atoms with Crippen molar-refractivity contribution in [2.75, 3.05) is 26.7 Å². The lowest BCUT2D eigenvalue weighted by Crippen LogP contribution is -2.40. The molecule has 5 heteroatoms. The Bertz CT molecular complexity index is 738. The molecule has 3 rings (SSSR count). The van der Waals surface area contributed by atoms with E-state index < -0.39 is 5.82 Å².